The van der Waals surface area contributed by atoms with E-state index < -0.39 is 0 Å². The molecular formula is C21H16BrN3O3S. The number of nitrogens with one attached hydrogen (secondary N) is 1. The van der Waals surface area contributed by atoms with E-state index in [1.165, 1.54) is 11.3 Å². The third-order valence-electron chi connectivity index (χ3n) is 4.16. The minimum Gasteiger partial charge on any atom is -0.497 e. The zero-order chi connectivity index (χ0) is 20.2. The fraction of sp³-hybridized carbons (Fsp3) is 0.0952. The van der Waals surface area contributed by atoms with Gasteiger partial charge in [0.05, 0.1) is 16.9 Å². The number of carbonyl (C=O) groups excluding carboxylic acids is 1. The highest BCUT2D eigenvalue weighted by Gasteiger charge is 2.15. The standard InChI is InChI=1S/C21H16BrN3O3S/c1-27-16-7-5-14(6-8-16)21-24-19(25-28-21)17-9-10-18(29-17)20(26)23-12-13-3-2-4-15(22)11-13/h2-11H,12H2,1H3,(H,23,26). The van der Waals surface area contributed by atoms with Crippen LogP contribution in [-0.2, 0) is 6.54 Å². The Bertz CT molecular complexity index is 1140. The Morgan fingerprint density at radius 2 is 2.00 bits per heavy atom. The number of hydrogen-bond acceptors (Lipinski definition) is 6. The SMILES string of the molecule is COc1ccc(-c2nc(-c3ccc(C(=O)NCc4cccc(Br)c4)s3)no2)cc1. The Labute approximate surface area is 179 Å². The van der Waals surface area contributed by atoms with Gasteiger partial charge in [-0.2, -0.15) is 4.98 Å². The summed E-state index contributed by atoms with van der Waals surface area (Å²) >= 11 is 4.75. The van der Waals surface area contributed by atoms with E-state index in [-0.39, 0.29) is 5.91 Å². The quantitative estimate of drug-likeness (QED) is 0.421. The monoisotopic (exact) mass is 469 g/mol. The molecule has 1 N–H and O–H groups in total. The van der Waals surface area contributed by atoms with Crippen LogP contribution in [0, 0.1) is 0 Å². The number of rotatable bonds is 6. The lowest BCUT2D eigenvalue weighted by Crippen LogP contribution is -2.21. The predicted octanol–water partition coefficient (Wildman–Crippen LogP) is 5.17. The van der Waals surface area contributed by atoms with E-state index >= 15 is 0 Å². The van der Waals surface area contributed by atoms with E-state index in [2.05, 4.69) is 31.4 Å². The fourth-order valence-electron chi connectivity index (χ4n) is 2.67. The summed E-state index contributed by atoms with van der Waals surface area (Å²) in [6.45, 7) is 0.454. The molecule has 0 aliphatic heterocycles. The molecule has 0 atom stereocenters. The number of aromatic nitrogens is 2. The number of carbonyl (C=O) groups is 1. The van der Waals surface area contributed by atoms with Gasteiger partial charge >= 0.3 is 0 Å². The molecule has 0 saturated heterocycles. The lowest BCUT2D eigenvalue weighted by molar-refractivity contribution is 0.0955. The van der Waals surface area contributed by atoms with Gasteiger partial charge in [-0.1, -0.05) is 33.2 Å². The van der Waals surface area contributed by atoms with Crippen LogP contribution in [0.5, 0.6) is 5.75 Å². The third kappa shape index (κ3) is 4.55. The molecular weight excluding hydrogens is 454 g/mol. The summed E-state index contributed by atoms with van der Waals surface area (Å²) in [6, 6.07) is 18.8. The van der Waals surface area contributed by atoms with Gasteiger partial charge in [0, 0.05) is 16.6 Å². The van der Waals surface area contributed by atoms with Gasteiger partial charge in [0.15, 0.2) is 0 Å². The van der Waals surface area contributed by atoms with Crippen LogP contribution in [0.2, 0.25) is 0 Å². The molecule has 29 heavy (non-hydrogen) atoms. The summed E-state index contributed by atoms with van der Waals surface area (Å²) in [5.74, 6) is 1.48. The van der Waals surface area contributed by atoms with Crippen LogP contribution >= 0.6 is 27.3 Å². The van der Waals surface area contributed by atoms with Gasteiger partial charge in [-0.15, -0.1) is 11.3 Å². The Kier molecular flexibility index (Phi) is 5.73. The van der Waals surface area contributed by atoms with E-state index in [9.17, 15) is 4.79 Å². The van der Waals surface area contributed by atoms with Crippen LogP contribution in [-0.4, -0.2) is 23.2 Å². The molecule has 4 rings (SSSR count). The van der Waals surface area contributed by atoms with Crippen LogP contribution in [0.15, 0.2) is 69.7 Å². The zero-order valence-electron chi connectivity index (χ0n) is 15.4. The average Bonchev–Trinajstić information content (AvgIpc) is 3.42. The molecule has 146 valence electrons. The fourth-order valence-corrected chi connectivity index (χ4v) is 3.97. The van der Waals surface area contributed by atoms with Crippen molar-refractivity contribution >= 4 is 33.2 Å². The van der Waals surface area contributed by atoms with E-state index in [0.29, 0.717) is 23.1 Å². The maximum atomic E-state index is 12.4. The Balaban J connectivity index is 1.44. The molecule has 2 aromatic heterocycles. The summed E-state index contributed by atoms with van der Waals surface area (Å²) in [4.78, 5) is 18.2. The smallest absolute Gasteiger partial charge is 0.261 e. The largest absolute Gasteiger partial charge is 0.497 e. The van der Waals surface area contributed by atoms with Crippen molar-refractivity contribution in [1.29, 1.82) is 0 Å². The van der Waals surface area contributed by atoms with Crippen LogP contribution in [0.25, 0.3) is 22.2 Å². The van der Waals surface area contributed by atoms with Crippen molar-refractivity contribution in [3.63, 3.8) is 0 Å². The molecule has 2 heterocycles. The minimum absolute atomic E-state index is 0.139. The Hall–Kier alpha value is -2.97. The zero-order valence-corrected chi connectivity index (χ0v) is 17.8. The van der Waals surface area contributed by atoms with Crippen molar-refractivity contribution in [2.75, 3.05) is 7.11 Å². The second-order valence-corrected chi connectivity index (χ2v) is 8.13. The van der Waals surface area contributed by atoms with Crippen LogP contribution in [0.3, 0.4) is 0 Å². The molecule has 8 heteroatoms. The number of hydrogen-bond donors (Lipinski definition) is 1. The van der Waals surface area contributed by atoms with Crippen LogP contribution in [0.1, 0.15) is 15.2 Å². The highest BCUT2D eigenvalue weighted by molar-refractivity contribution is 9.10. The lowest BCUT2D eigenvalue weighted by Gasteiger charge is -2.04. The van der Waals surface area contributed by atoms with Gasteiger partial charge < -0.3 is 14.6 Å². The van der Waals surface area contributed by atoms with Crippen molar-refractivity contribution in [3.8, 4) is 27.9 Å². The number of methoxy groups -OCH3 is 1. The van der Waals surface area contributed by atoms with E-state index in [1.807, 2.05) is 54.6 Å². The maximum absolute atomic E-state index is 12.4. The number of halogens is 1. The first-order chi connectivity index (χ1) is 14.1. The first-order valence-corrected chi connectivity index (χ1v) is 10.3. The molecule has 4 aromatic rings. The summed E-state index contributed by atoms with van der Waals surface area (Å²) in [7, 11) is 1.61. The summed E-state index contributed by atoms with van der Waals surface area (Å²) in [5.41, 5.74) is 1.82. The molecule has 0 aliphatic rings. The molecule has 0 spiro atoms. The summed E-state index contributed by atoms with van der Waals surface area (Å²) in [5, 5.41) is 6.96. The number of thiophene rings is 1. The highest BCUT2D eigenvalue weighted by atomic mass is 79.9. The van der Waals surface area contributed by atoms with Crippen molar-refractivity contribution < 1.29 is 14.1 Å². The molecule has 0 unspecified atom stereocenters. The first-order valence-electron chi connectivity index (χ1n) is 8.73. The lowest BCUT2D eigenvalue weighted by atomic mass is 10.2. The van der Waals surface area contributed by atoms with E-state index in [1.54, 1.807) is 13.2 Å². The third-order valence-corrected chi connectivity index (χ3v) is 5.73. The van der Waals surface area contributed by atoms with E-state index in [4.69, 9.17) is 9.26 Å². The number of benzene rings is 2. The Morgan fingerprint density at radius 1 is 1.17 bits per heavy atom. The molecule has 0 bridgehead atoms. The summed E-state index contributed by atoms with van der Waals surface area (Å²) in [6.07, 6.45) is 0. The topological polar surface area (TPSA) is 77.2 Å². The normalized spacial score (nSPS) is 10.7. The number of ether oxygens (including phenoxy) is 1. The van der Waals surface area contributed by atoms with Crippen molar-refractivity contribution in [2.45, 2.75) is 6.54 Å². The van der Waals surface area contributed by atoms with Gasteiger partial charge in [0.1, 0.15) is 5.75 Å². The van der Waals surface area contributed by atoms with Crippen molar-refractivity contribution in [2.24, 2.45) is 0 Å². The second kappa shape index (κ2) is 8.59. The molecule has 0 fully saturated rings. The van der Waals surface area contributed by atoms with Gasteiger partial charge in [-0.25, -0.2) is 0 Å². The van der Waals surface area contributed by atoms with Crippen LogP contribution < -0.4 is 10.1 Å². The molecule has 6 nitrogen and oxygen atoms in total. The summed E-state index contributed by atoms with van der Waals surface area (Å²) < 4.78 is 11.5. The highest BCUT2D eigenvalue weighted by Crippen LogP contribution is 2.28. The molecule has 0 aliphatic carbocycles. The van der Waals surface area contributed by atoms with Gasteiger partial charge in [-0.3, -0.25) is 4.79 Å². The minimum atomic E-state index is -0.139. The Morgan fingerprint density at radius 3 is 2.76 bits per heavy atom. The van der Waals surface area contributed by atoms with Gasteiger partial charge in [0.25, 0.3) is 11.8 Å². The van der Waals surface area contributed by atoms with E-state index in [0.717, 1.165) is 26.2 Å². The van der Waals surface area contributed by atoms with Crippen LogP contribution in [0.4, 0.5) is 0 Å². The second-order valence-electron chi connectivity index (χ2n) is 6.13. The number of amides is 1. The molecule has 2 aromatic carbocycles. The average molecular weight is 470 g/mol. The predicted molar refractivity (Wildman–Crippen MR) is 115 cm³/mol. The van der Waals surface area contributed by atoms with Crippen molar-refractivity contribution in [3.05, 3.63) is 75.6 Å². The van der Waals surface area contributed by atoms with Gasteiger partial charge in [0.2, 0.25) is 5.82 Å². The number of nitrogens with zero attached hydrogens (tertiary/aromatic N) is 2. The first kappa shape index (κ1) is 19.4. The molecule has 0 radical (unpaired) electrons. The maximum Gasteiger partial charge on any atom is 0.261 e. The molecule has 1 amide bonds. The molecule has 0 saturated carbocycles. The van der Waals surface area contributed by atoms with Gasteiger partial charge in [-0.05, 0) is 54.1 Å². The van der Waals surface area contributed by atoms with Crippen molar-refractivity contribution in [1.82, 2.24) is 15.5 Å².